The summed E-state index contributed by atoms with van der Waals surface area (Å²) < 4.78 is 6.61. The Bertz CT molecular complexity index is 3020. The quantitative estimate of drug-likeness (QED) is 0.166. The van der Waals surface area contributed by atoms with Gasteiger partial charge in [-0.25, -0.2) is 0 Å². The van der Waals surface area contributed by atoms with Crippen LogP contribution in [0.5, 0.6) is 0 Å². The highest BCUT2D eigenvalue weighted by Gasteiger charge is 2.61. The van der Waals surface area contributed by atoms with E-state index in [0.29, 0.717) is 0 Å². The van der Waals surface area contributed by atoms with E-state index in [1.165, 1.54) is 75.9 Å². The van der Waals surface area contributed by atoms with Crippen molar-refractivity contribution in [3.05, 3.63) is 162 Å². The van der Waals surface area contributed by atoms with Crippen LogP contribution in [0.15, 0.2) is 150 Å². The maximum absolute atomic E-state index is 6.61. The van der Waals surface area contributed by atoms with Crippen LogP contribution in [-0.4, -0.2) is 12.3 Å². The van der Waals surface area contributed by atoms with Crippen molar-refractivity contribution in [2.75, 3.05) is 14.7 Å². The summed E-state index contributed by atoms with van der Waals surface area (Å²) in [5, 5.41) is 2.29. The van der Waals surface area contributed by atoms with Crippen LogP contribution in [0.3, 0.4) is 0 Å². The number of hydrogen-bond donors (Lipinski definition) is 0. The third-order valence-corrected chi connectivity index (χ3v) is 14.9. The van der Waals surface area contributed by atoms with Crippen molar-refractivity contribution in [1.29, 1.82) is 0 Å². The molecule has 2 unspecified atom stereocenters. The topological polar surface area (TPSA) is 22.9 Å². The molecule has 3 aliphatic heterocycles. The second-order valence-electron chi connectivity index (χ2n) is 19.4. The van der Waals surface area contributed by atoms with Crippen LogP contribution in [0, 0.1) is 6.92 Å². The Hall–Kier alpha value is -6.20. The normalized spacial score (nSPS) is 19.9. The van der Waals surface area contributed by atoms with Gasteiger partial charge >= 0.3 is 0 Å². The summed E-state index contributed by atoms with van der Waals surface area (Å²) in [7, 11) is 0. The van der Waals surface area contributed by atoms with Gasteiger partial charge in [0, 0.05) is 67.8 Å². The third kappa shape index (κ3) is 4.81. The Labute approximate surface area is 354 Å². The molecule has 5 heteroatoms. The maximum atomic E-state index is 6.61. The van der Waals surface area contributed by atoms with Gasteiger partial charge in [0.15, 0.2) is 0 Å². The summed E-state index contributed by atoms with van der Waals surface area (Å²) in [4.78, 5) is 7.79. The van der Waals surface area contributed by atoms with E-state index >= 15 is 0 Å². The van der Waals surface area contributed by atoms with Crippen LogP contribution in [0.2, 0.25) is 0 Å². The zero-order chi connectivity index (χ0) is 40.7. The predicted octanol–water partition coefficient (Wildman–Crippen LogP) is 13.0. The summed E-state index contributed by atoms with van der Waals surface area (Å²) in [6, 6.07) is 54.3. The van der Waals surface area contributed by atoms with Crippen LogP contribution in [0.1, 0.15) is 77.0 Å². The molecule has 12 rings (SSSR count). The molecule has 1 aliphatic carbocycles. The molecule has 1 saturated carbocycles. The minimum atomic E-state index is -0.0423. The summed E-state index contributed by atoms with van der Waals surface area (Å²) in [6.07, 6.45) is 4.91. The fourth-order valence-corrected chi connectivity index (χ4v) is 11.8. The average molecular weight is 780 g/mol. The summed E-state index contributed by atoms with van der Waals surface area (Å²) >= 11 is 0. The molecule has 8 aromatic rings. The monoisotopic (exact) mass is 779 g/mol. The number of aryl methyl sites for hydroxylation is 1. The van der Waals surface area contributed by atoms with Crippen molar-refractivity contribution in [1.82, 2.24) is 0 Å². The molecule has 0 N–H and O–H groups in total. The molecule has 4 heterocycles. The maximum Gasteiger partial charge on any atom is 0.252 e. The Morgan fingerprint density at radius 1 is 0.617 bits per heavy atom. The van der Waals surface area contributed by atoms with Crippen LogP contribution in [0.25, 0.3) is 21.9 Å². The molecule has 0 amide bonds. The Kier molecular flexibility index (Phi) is 7.40. The number of benzene rings is 7. The number of anilines is 8. The smallest absolute Gasteiger partial charge is 0.252 e. The molecule has 1 fully saturated rings. The lowest BCUT2D eigenvalue weighted by Crippen LogP contribution is -2.64. The SMILES string of the molecule is Cc1cc2c3c(c1)N1c4c(cc(C(C)(C)C)cc4C4(C)CCCCC14C)B3c1ccc(N(c3ccccc3)c3ccccc3)cc1N2c1ccc2c(c1)oc1ccccc12. The van der Waals surface area contributed by atoms with Gasteiger partial charge < -0.3 is 19.1 Å². The molecule has 0 radical (unpaired) electrons. The highest BCUT2D eigenvalue weighted by atomic mass is 16.3. The Morgan fingerprint density at radius 2 is 1.30 bits per heavy atom. The van der Waals surface area contributed by atoms with E-state index < -0.39 is 0 Å². The second kappa shape index (κ2) is 12.4. The van der Waals surface area contributed by atoms with Crippen molar-refractivity contribution < 1.29 is 4.42 Å². The molecule has 4 aliphatic rings. The zero-order valence-electron chi connectivity index (χ0n) is 35.5. The van der Waals surface area contributed by atoms with E-state index in [2.05, 4.69) is 202 Å². The molecule has 7 aromatic carbocycles. The van der Waals surface area contributed by atoms with Crippen molar-refractivity contribution in [2.24, 2.45) is 0 Å². The summed E-state index contributed by atoms with van der Waals surface area (Å²) in [5.41, 5.74) is 20.0. The largest absolute Gasteiger partial charge is 0.456 e. The van der Waals surface area contributed by atoms with Gasteiger partial charge in [-0.3, -0.25) is 0 Å². The molecule has 1 aromatic heterocycles. The molecule has 60 heavy (non-hydrogen) atoms. The Morgan fingerprint density at radius 3 is 2.05 bits per heavy atom. The van der Waals surface area contributed by atoms with Crippen LogP contribution in [0.4, 0.5) is 45.5 Å². The molecule has 0 saturated heterocycles. The van der Waals surface area contributed by atoms with Crippen LogP contribution < -0.4 is 31.1 Å². The minimum Gasteiger partial charge on any atom is -0.456 e. The molecule has 0 spiro atoms. The van der Waals surface area contributed by atoms with E-state index in [-0.39, 0.29) is 23.1 Å². The number of nitrogens with zero attached hydrogens (tertiary/aromatic N) is 3. The summed E-state index contributed by atoms with van der Waals surface area (Å²) in [6.45, 7) is 14.7. The first-order valence-corrected chi connectivity index (χ1v) is 21.9. The lowest BCUT2D eigenvalue weighted by molar-refractivity contribution is 0.195. The van der Waals surface area contributed by atoms with Crippen LogP contribution in [-0.2, 0) is 10.8 Å². The van der Waals surface area contributed by atoms with Gasteiger partial charge in [-0.15, -0.1) is 0 Å². The van der Waals surface area contributed by atoms with Gasteiger partial charge in [0.2, 0.25) is 0 Å². The van der Waals surface area contributed by atoms with Gasteiger partial charge in [-0.2, -0.15) is 0 Å². The second-order valence-corrected chi connectivity index (χ2v) is 19.4. The standard InChI is InChI=1S/C55H50BN3O/c1-35-29-47-51-48(30-35)59-52-43(54(5)27-15-16-28-55(54,59)6)31-36(53(2,3)4)32-45(52)56(51)44-26-24-39(57(37-17-9-7-10-18-37)38-19-11-8-12-20-38)33-46(44)58(47)40-23-25-42-41-21-13-14-22-49(41)60-50(42)34-40/h7-14,17-26,29-34H,15-16,27-28H2,1-6H3. The lowest BCUT2D eigenvalue weighted by atomic mass is 9.33. The first kappa shape index (κ1) is 35.7. The molecular weight excluding hydrogens is 729 g/mol. The first-order valence-electron chi connectivity index (χ1n) is 21.9. The van der Waals surface area contributed by atoms with Crippen molar-refractivity contribution >= 4 is 90.5 Å². The highest BCUT2D eigenvalue weighted by Crippen LogP contribution is 2.62. The third-order valence-electron chi connectivity index (χ3n) is 14.9. The van der Waals surface area contributed by atoms with Gasteiger partial charge in [-0.1, -0.05) is 113 Å². The van der Waals surface area contributed by atoms with Gasteiger partial charge in [-0.05, 0) is 132 Å². The fraction of sp³-hybridized carbons (Fsp3) is 0.236. The molecular formula is C55H50BN3O. The molecule has 4 nitrogen and oxygen atoms in total. The van der Waals surface area contributed by atoms with E-state index in [1.807, 2.05) is 0 Å². The number of para-hydroxylation sites is 3. The molecule has 294 valence electrons. The summed E-state index contributed by atoms with van der Waals surface area (Å²) in [5.74, 6) is 0. The molecule has 0 bridgehead atoms. The van der Waals surface area contributed by atoms with Crippen LogP contribution >= 0.6 is 0 Å². The van der Waals surface area contributed by atoms with E-state index in [4.69, 9.17) is 4.42 Å². The van der Waals surface area contributed by atoms with E-state index in [9.17, 15) is 0 Å². The fourth-order valence-electron chi connectivity index (χ4n) is 11.8. The average Bonchev–Trinajstić information content (AvgIpc) is 3.72. The first-order chi connectivity index (χ1) is 29.0. The lowest BCUT2D eigenvalue weighted by Gasteiger charge is -2.52. The van der Waals surface area contributed by atoms with Crippen molar-refractivity contribution in [2.45, 2.75) is 83.6 Å². The number of hydrogen-bond acceptors (Lipinski definition) is 4. The van der Waals surface area contributed by atoms with Crippen molar-refractivity contribution in [3.63, 3.8) is 0 Å². The van der Waals surface area contributed by atoms with Crippen molar-refractivity contribution in [3.8, 4) is 0 Å². The number of fused-ring (bicyclic) bond motifs is 10. The van der Waals surface area contributed by atoms with E-state index in [0.717, 1.165) is 44.7 Å². The predicted molar refractivity (Wildman–Crippen MR) is 254 cm³/mol. The molecule has 2 atom stereocenters. The number of furan rings is 1. The number of rotatable bonds is 4. The Balaban J connectivity index is 1.18. The van der Waals surface area contributed by atoms with Gasteiger partial charge in [0.25, 0.3) is 6.71 Å². The minimum absolute atomic E-state index is 0.00197. The van der Waals surface area contributed by atoms with Gasteiger partial charge in [0.1, 0.15) is 11.2 Å². The highest BCUT2D eigenvalue weighted by molar-refractivity contribution is 7.00. The van der Waals surface area contributed by atoms with Gasteiger partial charge in [0.05, 0.1) is 5.54 Å². The zero-order valence-corrected chi connectivity index (χ0v) is 35.5. The van der Waals surface area contributed by atoms with E-state index in [1.54, 1.807) is 5.56 Å².